The minimum absolute atomic E-state index is 0.0768. The molecule has 11 nitrogen and oxygen atoms in total. The van der Waals surface area contributed by atoms with Gasteiger partial charge in [0.25, 0.3) is 0 Å². The highest BCUT2D eigenvalue weighted by molar-refractivity contribution is 7.16. The summed E-state index contributed by atoms with van der Waals surface area (Å²) in [4.78, 5) is 31.6. The largest absolute Gasteiger partial charge is 0.506 e. The number of aryl methyl sites for hydroxylation is 2. The van der Waals surface area contributed by atoms with Crippen LogP contribution in [-0.2, 0) is 41.1 Å². The summed E-state index contributed by atoms with van der Waals surface area (Å²) >= 11 is 8.70. The number of aliphatic hydroxyl groups is 1. The molecule has 0 spiro atoms. The van der Waals surface area contributed by atoms with Gasteiger partial charge in [0.05, 0.1) is 25.1 Å². The third-order valence-corrected chi connectivity index (χ3v) is 14.0. The number of esters is 1. The van der Waals surface area contributed by atoms with Crippen LogP contribution in [0.25, 0.3) is 21.9 Å². The van der Waals surface area contributed by atoms with Crippen molar-refractivity contribution >= 4 is 62.2 Å². The molecule has 6 aromatic rings. The van der Waals surface area contributed by atoms with Crippen molar-refractivity contribution in [2.24, 2.45) is 0 Å². The van der Waals surface area contributed by atoms with Crippen molar-refractivity contribution < 1.29 is 19.7 Å². The van der Waals surface area contributed by atoms with Gasteiger partial charge >= 0.3 is 5.97 Å². The number of ether oxygens (including phenoxy) is 1. The molecule has 2 atom stereocenters. The van der Waals surface area contributed by atoms with Crippen molar-refractivity contribution in [3.63, 3.8) is 0 Å². The molecule has 4 heterocycles. The number of pyridine rings is 1. The first-order valence-electron chi connectivity index (χ1n) is 19.5. The molecule has 1 fully saturated rings. The van der Waals surface area contributed by atoms with Gasteiger partial charge in [-0.1, -0.05) is 35.9 Å². The fraction of sp³-hybridized carbons (Fsp3) is 0.429. The Labute approximate surface area is 338 Å². The predicted molar refractivity (Wildman–Crippen MR) is 222 cm³/mol. The van der Waals surface area contributed by atoms with Crippen LogP contribution < -0.4 is 10.9 Å². The van der Waals surface area contributed by atoms with Crippen LogP contribution in [0.2, 0.25) is 4.34 Å². The number of carbonyl (C=O) groups is 1. The number of thiophene rings is 2. The quantitative estimate of drug-likeness (QED) is 0.0836. The van der Waals surface area contributed by atoms with Gasteiger partial charge in [0, 0.05) is 37.1 Å². The average molecular weight is 815 g/mol. The zero-order chi connectivity index (χ0) is 39.0. The molecule has 0 unspecified atom stereocenters. The van der Waals surface area contributed by atoms with E-state index in [9.17, 15) is 19.8 Å². The Morgan fingerprint density at radius 1 is 1.12 bits per heavy atom. The number of fused-ring (bicyclic) bond motifs is 4. The fourth-order valence-electron chi connectivity index (χ4n) is 8.69. The van der Waals surface area contributed by atoms with Crippen molar-refractivity contribution in [1.29, 1.82) is 0 Å². The van der Waals surface area contributed by atoms with Crippen LogP contribution >= 0.6 is 34.3 Å². The number of hydrogen-bond donors (Lipinski definition) is 4. The van der Waals surface area contributed by atoms with E-state index in [1.165, 1.54) is 45.4 Å². The second kappa shape index (κ2) is 16.4. The van der Waals surface area contributed by atoms with E-state index in [0.717, 1.165) is 99.5 Å². The van der Waals surface area contributed by atoms with Gasteiger partial charge in [0.2, 0.25) is 11.2 Å². The second-order valence-electron chi connectivity index (χ2n) is 15.3. The molecule has 4 aromatic heterocycles. The molecule has 14 heteroatoms. The minimum Gasteiger partial charge on any atom is -0.506 e. The molecule has 1 saturated carbocycles. The molecule has 2 aromatic carbocycles. The lowest BCUT2D eigenvalue weighted by atomic mass is 9.91. The molecule has 2 aliphatic carbocycles. The van der Waals surface area contributed by atoms with E-state index in [1.54, 1.807) is 30.3 Å². The Morgan fingerprint density at radius 3 is 2.71 bits per heavy atom. The summed E-state index contributed by atoms with van der Waals surface area (Å²) < 4.78 is 8.59. The van der Waals surface area contributed by atoms with Crippen LogP contribution in [0.1, 0.15) is 83.4 Å². The molecule has 4 N–H and O–H groups in total. The number of nitrogens with zero attached hydrogens (tertiary/aromatic N) is 4. The van der Waals surface area contributed by atoms with E-state index in [2.05, 4.69) is 50.2 Å². The summed E-state index contributed by atoms with van der Waals surface area (Å²) in [6, 6.07) is 16.4. The number of carbonyl (C=O) groups excluding carboxylic acids is 1. The highest BCUT2D eigenvalue weighted by Crippen LogP contribution is 2.40. The molecule has 294 valence electrons. The second-order valence-corrected chi connectivity index (χ2v) is 18.0. The third-order valence-electron chi connectivity index (χ3n) is 11.7. The van der Waals surface area contributed by atoms with E-state index in [4.69, 9.17) is 16.3 Å². The van der Waals surface area contributed by atoms with Crippen molar-refractivity contribution in [1.82, 2.24) is 30.2 Å². The maximum Gasteiger partial charge on any atom is 0.349 e. The monoisotopic (exact) mass is 814 g/mol. The molecule has 0 amide bonds. The van der Waals surface area contributed by atoms with Crippen LogP contribution in [0, 0.1) is 0 Å². The van der Waals surface area contributed by atoms with E-state index < -0.39 is 11.6 Å². The number of aromatic nitrogens is 4. The fourth-order valence-corrected chi connectivity index (χ4v) is 10.7. The van der Waals surface area contributed by atoms with Gasteiger partial charge in [0.1, 0.15) is 17.4 Å². The third kappa shape index (κ3) is 7.65. The molecule has 0 radical (unpaired) electrons. The van der Waals surface area contributed by atoms with E-state index in [-0.39, 0.29) is 23.3 Å². The standard InChI is InChI=1S/C42H47ClN6O5S2/c1-25(29-13-15-34(50)39-31(29)14-18-38(51)45-39)23-44-24-26-22-33-40(32-7-3-6-30(26)32)49(47-46-33)20-5-19-48(2)27-9-11-28(12-10-27)54-41(52)42(53,35-8-4-21-55-35)36-16-17-37(43)56-36/h4,8,13-18,21-22,25,27-28,44,50,53H,3,5-7,9-12,19-20,23-24H2,1-2H3,(H,45,51)/t25-,27?,28?,42+/m0/s1. The Balaban J connectivity index is 0.843. The zero-order valence-electron chi connectivity index (χ0n) is 31.6. The Morgan fingerprint density at radius 2 is 1.95 bits per heavy atom. The summed E-state index contributed by atoms with van der Waals surface area (Å²) in [5.74, 6) is -0.403. The normalized spacial score (nSPS) is 18.7. The van der Waals surface area contributed by atoms with Crippen LogP contribution in [0.15, 0.2) is 64.8 Å². The Hall–Kier alpha value is -4.11. The lowest BCUT2D eigenvalue weighted by Gasteiger charge is -2.35. The summed E-state index contributed by atoms with van der Waals surface area (Å²) in [6.45, 7) is 5.33. The molecular weight excluding hydrogens is 768 g/mol. The van der Waals surface area contributed by atoms with E-state index in [1.807, 2.05) is 17.5 Å². The van der Waals surface area contributed by atoms with Gasteiger partial charge in [-0.05, 0) is 135 Å². The molecule has 56 heavy (non-hydrogen) atoms. The van der Waals surface area contributed by atoms with Crippen molar-refractivity contribution in [3.8, 4) is 5.75 Å². The highest BCUT2D eigenvalue weighted by Gasteiger charge is 2.45. The number of nitrogens with one attached hydrogen (secondary N) is 2. The van der Waals surface area contributed by atoms with Crippen molar-refractivity contribution in [2.75, 3.05) is 20.1 Å². The number of aromatic amines is 1. The average Bonchev–Trinajstić information content (AvgIpc) is 4.03. The number of phenols is 1. The number of phenolic OH excluding ortho intramolecular Hbond substituents is 1. The number of H-pyrrole nitrogens is 1. The van der Waals surface area contributed by atoms with E-state index in [0.29, 0.717) is 25.6 Å². The van der Waals surface area contributed by atoms with Crippen LogP contribution in [0.4, 0.5) is 0 Å². The SMILES string of the molecule is C[C@@H](CNCc1cc2nnn(CCCN(C)C3CCC(OC(=O)[C@@](O)(c4cccs4)c4ccc(Cl)s4)CC3)c2c2c1CCC2)c1ccc(O)c2[nH]c(=O)ccc12. The highest BCUT2D eigenvalue weighted by atomic mass is 35.5. The molecule has 0 aliphatic heterocycles. The zero-order valence-corrected chi connectivity index (χ0v) is 34.0. The van der Waals surface area contributed by atoms with Gasteiger partial charge in [-0.2, -0.15) is 0 Å². The Kier molecular flexibility index (Phi) is 11.3. The lowest BCUT2D eigenvalue weighted by molar-refractivity contribution is -0.169. The van der Waals surface area contributed by atoms with Crippen molar-refractivity contribution in [3.05, 3.63) is 107 Å². The molecule has 8 rings (SSSR count). The predicted octanol–water partition coefficient (Wildman–Crippen LogP) is 7.25. The van der Waals surface area contributed by atoms with E-state index >= 15 is 0 Å². The number of hydrogen-bond acceptors (Lipinski definition) is 11. The number of halogens is 1. The summed E-state index contributed by atoms with van der Waals surface area (Å²) in [6.07, 6.45) is 7.23. The summed E-state index contributed by atoms with van der Waals surface area (Å²) in [5, 5.41) is 37.6. The molecule has 0 saturated heterocycles. The maximum absolute atomic E-state index is 13.5. The number of benzene rings is 2. The number of aromatic hydroxyl groups is 1. The van der Waals surface area contributed by atoms with Gasteiger partial charge in [-0.3, -0.25) is 4.79 Å². The minimum atomic E-state index is -1.86. The lowest BCUT2D eigenvalue weighted by Crippen LogP contribution is -2.42. The van der Waals surface area contributed by atoms with Crippen LogP contribution in [0.5, 0.6) is 5.75 Å². The Bertz CT molecular complexity index is 2400. The number of rotatable bonds is 14. The van der Waals surface area contributed by atoms with Gasteiger partial charge in [-0.15, -0.1) is 27.8 Å². The maximum atomic E-state index is 13.5. The molecule has 2 aliphatic rings. The first-order valence-corrected chi connectivity index (χ1v) is 21.5. The van der Waals surface area contributed by atoms with Gasteiger partial charge < -0.3 is 30.2 Å². The van der Waals surface area contributed by atoms with Gasteiger partial charge in [0.15, 0.2) is 0 Å². The smallest absolute Gasteiger partial charge is 0.349 e. The van der Waals surface area contributed by atoms with Crippen LogP contribution in [0.3, 0.4) is 0 Å². The topological polar surface area (TPSA) is 146 Å². The molecular formula is C42H47ClN6O5S2. The van der Waals surface area contributed by atoms with Gasteiger partial charge in [-0.25, -0.2) is 9.48 Å². The first kappa shape index (κ1) is 38.7. The summed E-state index contributed by atoms with van der Waals surface area (Å²) in [7, 11) is 2.18. The molecule has 0 bridgehead atoms. The first-order chi connectivity index (χ1) is 27.1. The van der Waals surface area contributed by atoms with Crippen molar-refractivity contribution in [2.45, 2.75) is 95.0 Å². The van der Waals surface area contributed by atoms with Crippen LogP contribution in [-0.4, -0.2) is 73.3 Å². The summed E-state index contributed by atoms with van der Waals surface area (Å²) in [5.41, 5.74) is 5.63.